The second-order valence-electron chi connectivity index (χ2n) is 5.81. The van der Waals surface area contributed by atoms with Gasteiger partial charge in [-0.2, -0.15) is 0 Å². The molecule has 4 heteroatoms. The average Bonchev–Trinajstić information content (AvgIpc) is 2.00. The van der Waals surface area contributed by atoms with Gasteiger partial charge in [-0.25, -0.2) is 4.79 Å². The molecule has 0 spiro atoms. The molecule has 2 unspecified atom stereocenters. The van der Waals surface area contributed by atoms with Crippen LogP contribution in [-0.4, -0.2) is 39.4 Å². The molecule has 1 amide bonds. The minimum atomic E-state index is -0.884. The molecule has 0 aromatic carbocycles. The largest absolute Gasteiger partial charge is 0.465 e. The second-order valence-corrected chi connectivity index (χ2v) is 5.81. The lowest BCUT2D eigenvalue weighted by molar-refractivity contribution is -0.0526. The summed E-state index contributed by atoms with van der Waals surface area (Å²) >= 11 is 0. The van der Waals surface area contributed by atoms with Crippen molar-refractivity contribution in [3.05, 3.63) is 0 Å². The first-order valence-corrected chi connectivity index (χ1v) is 5.35. The normalized spacial score (nSPS) is 32.9. The molecule has 1 fully saturated rings. The van der Waals surface area contributed by atoms with Gasteiger partial charge in [-0.3, -0.25) is 0 Å². The number of rotatable bonds is 0. The Balaban J connectivity index is 2.88. The Morgan fingerprint density at radius 3 is 2.40 bits per heavy atom. The Morgan fingerprint density at radius 1 is 1.47 bits per heavy atom. The third-order valence-corrected chi connectivity index (χ3v) is 3.15. The molecule has 0 aliphatic carbocycles. The molecule has 4 nitrogen and oxygen atoms in total. The van der Waals surface area contributed by atoms with Crippen LogP contribution >= 0.6 is 0 Å². The standard InChI is InChI=1S/C11H21NO3/c1-10(2,3)8-7-11(4,15)5-6-12(8)9(13)14/h8,15H,5-7H2,1-4H3,(H,13,14). The van der Waals surface area contributed by atoms with Crippen LogP contribution in [0, 0.1) is 5.41 Å². The van der Waals surface area contributed by atoms with Crippen molar-refractivity contribution in [2.75, 3.05) is 6.54 Å². The topological polar surface area (TPSA) is 60.8 Å². The molecule has 0 aromatic rings. The maximum Gasteiger partial charge on any atom is 0.407 e. The van der Waals surface area contributed by atoms with Crippen LogP contribution in [-0.2, 0) is 0 Å². The van der Waals surface area contributed by atoms with Gasteiger partial charge < -0.3 is 15.1 Å². The first-order chi connectivity index (χ1) is 6.63. The number of amides is 1. The van der Waals surface area contributed by atoms with Crippen LogP contribution in [0.5, 0.6) is 0 Å². The quantitative estimate of drug-likeness (QED) is 0.649. The molecule has 1 saturated heterocycles. The molecular weight excluding hydrogens is 194 g/mol. The van der Waals surface area contributed by atoms with E-state index in [0.717, 1.165) is 0 Å². The van der Waals surface area contributed by atoms with E-state index < -0.39 is 11.7 Å². The summed E-state index contributed by atoms with van der Waals surface area (Å²) in [6.45, 7) is 8.23. The molecule has 0 radical (unpaired) electrons. The highest BCUT2D eigenvalue weighted by Crippen LogP contribution is 2.36. The molecule has 1 rings (SSSR count). The zero-order valence-electron chi connectivity index (χ0n) is 9.95. The number of aliphatic hydroxyl groups is 1. The van der Waals surface area contributed by atoms with Crippen molar-refractivity contribution in [1.82, 2.24) is 4.90 Å². The van der Waals surface area contributed by atoms with Gasteiger partial charge in [0.1, 0.15) is 0 Å². The van der Waals surface area contributed by atoms with Crippen LogP contribution in [0.25, 0.3) is 0 Å². The van der Waals surface area contributed by atoms with Crippen LogP contribution in [0.1, 0.15) is 40.5 Å². The fourth-order valence-electron chi connectivity index (χ4n) is 2.15. The fraction of sp³-hybridized carbons (Fsp3) is 0.909. The molecule has 15 heavy (non-hydrogen) atoms. The summed E-state index contributed by atoms with van der Waals surface area (Å²) in [6.07, 6.45) is 0.153. The SMILES string of the molecule is CC1(O)CCN(C(=O)O)C(C(C)(C)C)C1. The summed E-state index contributed by atoms with van der Waals surface area (Å²) in [5, 5.41) is 19.1. The minimum Gasteiger partial charge on any atom is -0.465 e. The van der Waals surface area contributed by atoms with E-state index in [0.29, 0.717) is 19.4 Å². The molecule has 2 atom stereocenters. The van der Waals surface area contributed by atoms with E-state index in [2.05, 4.69) is 0 Å². The van der Waals surface area contributed by atoms with Gasteiger partial charge in [-0.05, 0) is 25.2 Å². The van der Waals surface area contributed by atoms with Gasteiger partial charge >= 0.3 is 6.09 Å². The molecule has 0 aromatic heterocycles. The first kappa shape index (κ1) is 12.3. The van der Waals surface area contributed by atoms with Gasteiger partial charge in [0.15, 0.2) is 0 Å². The fourth-order valence-corrected chi connectivity index (χ4v) is 2.15. The van der Waals surface area contributed by atoms with E-state index in [1.54, 1.807) is 6.92 Å². The van der Waals surface area contributed by atoms with E-state index in [-0.39, 0.29) is 11.5 Å². The number of hydrogen-bond acceptors (Lipinski definition) is 2. The van der Waals surface area contributed by atoms with E-state index >= 15 is 0 Å². The predicted molar refractivity (Wildman–Crippen MR) is 57.8 cm³/mol. The maximum absolute atomic E-state index is 11.1. The summed E-state index contributed by atoms with van der Waals surface area (Å²) in [5.74, 6) is 0. The number of carboxylic acid groups (broad SMARTS) is 1. The van der Waals surface area contributed by atoms with Crippen LogP contribution in [0.2, 0.25) is 0 Å². The lowest BCUT2D eigenvalue weighted by Gasteiger charge is -2.46. The number of likely N-dealkylation sites (tertiary alicyclic amines) is 1. The van der Waals surface area contributed by atoms with Gasteiger partial charge in [0.05, 0.1) is 5.60 Å². The highest BCUT2D eigenvalue weighted by Gasteiger charge is 2.42. The second kappa shape index (κ2) is 3.67. The summed E-state index contributed by atoms with van der Waals surface area (Å²) in [6, 6.07) is -0.112. The number of piperidine rings is 1. The van der Waals surface area contributed by atoms with Crippen molar-refractivity contribution in [2.24, 2.45) is 5.41 Å². The minimum absolute atomic E-state index is 0.112. The Bertz CT molecular complexity index is 255. The zero-order valence-corrected chi connectivity index (χ0v) is 9.95. The van der Waals surface area contributed by atoms with E-state index in [1.807, 2.05) is 20.8 Å². The van der Waals surface area contributed by atoms with Gasteiger partial charge in [-0.1, -0.05) is 20.8 Å². The first-order valence-electron chi connectivity index (χ1n) is 5.35. The number of hydrogen-bond donors (Lipinski definition) is 2. The van der Waals surface area contributed by atoms with Crippen LogP contribution in [0.3, 0.4) is 0 Å². The van der Waals surface area contributed by atoms with Gasteiger partial charge in [-0.15, -0.1) is 0 Å². The lowest BCUT2D eigenvalue weighted by atomic mass is 9.76. The number of nitrogens with zero attached hydrogens (tertiary/aromatic N) is 1. The van der Waals surface area contributed by atoms with Crippen molar-refractivity contribution < 1.29 is 15.0 Å². The van der Waals surface area contributed by atoms with Crippen LogP contribution in [0.15, 0.2) is 0 Å². The molecule has 0 saturated carbocycles. The highest BCUT2D eigenvalue weighted by molar-refractivity contribution is 5.65. The lowest BCUT2D eigenvalue weighted by Crippen LogP contribution is -2.56. The maximum atomic E-state index is 11.1. The average molecular weight is 215 g/mol. The van der Waals surface area contributed by atoms with Gasteiger partial charge in [0.2, 0.25) is 0 Å². The zero-order chi connectivity index (χ0) is 11.9. The monoisotopic (exact) mass is 215 g/mol. The predicted octanol–water partition coefficient (Wildman–Crippen LogP) is 1.93. The third-order valence-electron chi connectivity index (χ3n) is 3.15. The van der Waals surface area contributed by atoms with Crippen molar-refractivity contribution in [1.29, 1.82) is 0 Å². The van der Waals surface area contributed by atoms with Crippen molar-refractivity contribution >= 4 is 6.09 Å². The molecule has 0 bridgehead atoms. The Labute approximate surface area is 90.9 Å². The molecule has 1 aliphatic rings. The highest BCUT2D eigenvalue weighted by atomic mass is 16.4. The molecule has 1 heterocycles. The summed E-state index contributed by atoms with van der Waals surface area (Å²) in [4.78, 5) is 12.5. The van der Waals surface area contributed by atoms with Crippen LogP contribution < -0.4 is 0 Å². The van der Waals surface area contributed by atoms with Crippen molar-refractivity contribution in [3.63, 3.8) is 0 Å². The molecule has 2 N–H and O–H groups in total. The molecule has 1 aliphatic heterocycles. The summed E-state index contributed by atoms with van der Waals surface area (Å²) in [7, 11) is 0. The Kier molecular flexibility index (Phi) is 3.01. The molecular formula is C11H21NO3. The van der Waals surface area contributed by atoms with Gasteiger partial charge in [0, 0.05) is 12.6 Å². The molecule has 88 valence electrons. The van der Waals surface area contributed by atoms with Crippen molar-refractivity contribution in [3.8, 4) is 0 Å². The summed E-state index contributed by atoms with van der Waals surface area (Å²) < 4.78 is 0. The number of carbonyl (C=O) groups is 1. The van der Waals surface area contributed by atoms with Crippen molar-refractivity contribution in [2.45, 2.75) is 52.2 Å². The Morgan fingerprint density at radius 2 is 2.00 bits per heavy atom. The third kappa shape index (κ3) is 2.84. The van der Waals surface area contributed by atoms with Crippen LogP contribution in [0.4, 0.5) is 4.79 Å². The summed E-state index contributed by atoms with van der Waals surface area (Å²) in [5.41, 5.74) is -0.868. The van der Waals surface area contributed by atoms with E-state index in [9.17, 15) is 9.90 Å². The Hall–Kier alpha value is -0.770. The van der Waals surface area contributed by atoms with E-state index in [4.69, 9.17) is 5.11 Å². The van der Waals surface area contributed by atoms with Gasteiger partial charge in [0.25, 0.3) is 0 Å². The smallest absolute Gasteiger partial charge is 0.407 e. The van der Waals surface area contributed by atoms with E-state index in [1.165, 1.54) is 4.90 Å².